The zero-order chi connectivity index (χ0) is 14.6. The number of rotatable bonds is 4. The van der Waals surface area contributed by atoms with Gasteiger partial charge < -0.3 is 15.8 Å². The lowest BCUT2D eigenvalue weighted by atomic mass is 10.0. The lowest BCUT2D eigenvalue weighted by Crippen LogP contribution is -2.45. The second-order valence-electron chi connectivity index (χ2n) is 4.43. The van der Waals surface area contributed by atoms with E-state index in [1.54, 1.807) is 18.2 Å². The molecule has 6 heteroatoms. The Kier molecular flexibility index (Phi) is 5.35. The number of nitrogens with one attached hydrogen (secondary N) is 1. The summed E-state index contributed by atoms with van der Waals surface area (Å²) >= 11 is 3.26. The Morgan fingerprint density at radius 1 is 1.37 bits per heavy atom. The zero-order valence-electron chi connectivity index (χ0n) is 11.1. The number of amides is 1. The number of hydrogen-bond donors (Lipinski definition) is 2. The molecule has 0 aromatic heterocycles. The molecule has 5 nitrogen and oxygen atoms in total. The summed E-state index contributed by atoms with van der Waals surface area (Å²) in [4.78, 5) is 23.7. The first-order valence-electron chi connectivity index (χ1n) is 5.81. The maximum absolute atomic E-state index is 12.1. The molecule has 3 N–H and O–H groups in total. The molecule has 0 heterocycles. The lowest BCUT2D eigenvalue weighted by Gasteiger charge is -2.20. The molecular formula is C13H17BrN2O3. The Morgan fingerprint density at radius 2 is 2.00 bits per heavy atom. The number of nitrogens with two attached hydrogens (primary N) is 1. The van der Waals surface area contributed by atoms with Crippen molar-refractivity contribution in [1.29, 1.82) is 0 Å². The summed E-state index contributed by atoms with van der Waals surface area (Å²) in [6.45, 7) is 3.66. The van der Waals surface area contributed by atoms with Gasteiger partial charge in [0.15, 0.2) is 0 Å². The first-order valence-corrected chi connectivity index (χ1v) is 6.60. The molecule has 0 aliphatic heterocycles. The van der Waals surface area contributed by atoms with Crippen molar-refractivity contribution in [3.63, 3.8) is 0 Å². The molecule has 104 valence electrons. The predicted octanol–water partition coefficient (Wildman–Crippen LogP) is 1.96. The zero-order valence-corrected chi connectivity index (χ0v) is 12.7. The third-order valence-electron chi connectivity index (χ3n) is 2.68. The number of nitrogen functional groups attached to an aromatic ring is 1. The van der Waals surface area contributed by atoms with Gasteiger partial charge in [0.05, 0.1) is 17.1 Å². The minimum absolute atomic E-state index is 0.0729. The Morgan fingerprint density at radius 3 is 2.53 bits per heavy atom. The van der Waals surface area contributed by atoms with Crippen molar-refractivity contribution in [2.75, 3.05) is 12.8 Å². The van der Waals surface area contributed by atoms with E-state index in [1.807, 2.05) is 13.8 Å². The lowest BCUT2D eigenvalue weighted by molar-refractivity contribution is -0.144. The van der Waals surface area contributed by atoms with Gasteiger partial charge in [-0.15, -0.1) is 0 Å². The van der Waals surface area contributed by atoms with Crippen LogP contribution in [0.2, 0.25) is 0 Å². The van der Waals surface area contributed by atoms with Crippen LogP contribution in [0, 0.1) is 5.92 Å². The average Bonchev–Trinajstić information content (AvgIpc) is 2.37. The van der Waals surface area contributed by atoms with Crippen LogP contribution in [-0.4, -0.2) is 25.0 Å². The predicted molar refractivity (Wildman–Crippen MR) is 76.7 cm³/mol. The first kappa shape index (κ1) is 15.5. The topological polar surface area (TPSA) is 81.4 Å². The number of carbonyl (C=O) groups is 2. The minimum atomic E-state index is -0.689. The van der Waals surface area contributed by atoms with Gasteiger partial charge in [0.25, 0.3) is 5.91 Å². The van der Waals surface area contributed by atoms with Gasteiger partial charge in [-0.2, -0.15) is 0 Å². The normalized spacial score (nSPS) is 12.1. The number of halogens is 1. The van der Waals surface area contributed by atoms with Crippen molar-refractivity contribution in [1.82, 2.24) is 5.32 Å². The molecule has 0 radical (unpaired) electrons. The second-order valence-corrected chi connectivity index (χ2v) is 5.22. The van der Waals surface area contributed by atoms with Gasteiger partial charge in [-0.3, -0.25) is 4.79 Å². The fourth-order valence-electron chi connectivity index (χ4n) is 1.57. The highest BCUT2D eigenvalue weighted by Gasteiger charge is 2.26. The van der Waals surface area contributed by atoms with E-state index in [0.29, 0.717) is 15.7 Å². The van der Waals surface area contributed by atoms with E-state index < -0.39 is 12.0 Å². The summed E-state index contributed by atoms with van der Waals surface area (Å²) in [5.41, 5.74) is 6.56. The largest absolute Gasteiger partial charge is 0.467 e. The summed E-state index contributed by atoms with van der Waals surface area (Å²) in [5, 5.41) is 2.65. The van der Waals surface area contributed by atoms with Crippen LogP contribution in [0.15, 0.2) is 22.7 Å². The maximum atomic E-state index is 12.1. The molecule has 1 aromatic rings. The fourth-order valence-corrected chi connectivity index (χ4v) is 2.01. The van der Waals surface area contributed by atoms with Crippen molar-refractivity contribution in [3.05, 3.63) is 28.2 Å². The molecule has 1 amide bonds. The van der Waals surface area contributed by atoms with Gasteiger partial charge in [0.1, 0.15) is 6.04 Å². The van der Waals surface area contributed by atoms with Crippen LogP contribution in [0.3, 0.4) is 0 Å². The van der Waals surface area contributed by atoms with Gasteiger partial charge in [0.2, 0.25) is 0 Å². The van der Waals surface area contributed by atoms with Crippen LogP contribution >= 0.6 is 15.9 Å². The Bertz CT molecular complexity index is 489. The van der Waals surface area contributed by atoms with Gasteiger partial charge >= 0.3 is 5.97 Å². The molecule has 1 rings (SSSR count). The van der Waals surface area contributed by atoms with Crippen LogP contribution in [0.25, 0.3) is 0 Å². The number of esters is 1. The number of carbonyl (C=O) groups excluding carboxylic acids is 2. The fraction of sp³-hybridized carbons (Fsp3) is 0.385. The minimum Gasteiger partial charge on any atom is -0.467 e. The number of methoxy groups -OCH3 is 1. The number of hydrogen-bond acceptors (Lipinski definition) is 4. The van der Waals surface area contributed by atoms with E-state index in [0.717, 1.165) is 0 Å². The summed E-state index contributed by atoms with van der Waals surface area (Å²) in [6.07, 6.45) is 0. The molecule has 0 bridgehead atoms. The summed E-state index contributed by atoms with van der Waals surface area (Å²) < 4.78 is 5.19. The molecule has 0 spiro atoms. The molecule has 0 saturated heterocycles. The monoisotopic (exact) mass is 328 g/mol. The SMILES string of the molecule is COC(=O)C(NC(=O)c1cccc(N)c1Br)C(C)C. The quantitative estimate of drug-likeness (QED) is 0.654. The van der Waals surface area contributed by atoms with Gasteiger partial charge in [0, 0.05) is 5.69 Å². The van der Waals surface area contributed by atoms with Crippen molar-refractivity contribution < 1.29 is 14.3 Å². The van der Waals surface area contributed by atoms with E-state index >= 15 is 0 Å². The smallest absolute Gasteiger partial charge is 0.328 e. The molecular weight excluding hydrogens is 312 g/mol. The third-order valence-corrected chi connectivity index (χ3v) is 3.57. The molecule has 0 aliphatic carbocycles. The molecule has 1 atom stereocenters. The van der Waals surface area contributed by atoms with Crippen LogP contribution < -0.4 is 11.1 Å². The molecule has 1 aromatic carbocycles. The van der Waals surface area contributed by atoms with E-state index in [1.165, 1.54) is 7.11 Å². The third kappa shape index (κ3) is 3.70. The number of ether oxygens (including phenoxy) is 1. The molecule has 19 heavy (non-hydrogen) atoms. The van der Waals surface area contributed by atoms with Gasteiger partial charge in [-0.25, -0.2) is 4.79 Å². The summed E-state index contributed by atoms with van der Waals surface area (Å²) in [7, 11) is 1.29. The van der Waals surface area contributed by atoms with Crippen LogP contribution in [0.5, 0.6) is 0 Å². The molecule has 0 saturated carbocycles. The van der Waals surface area contributed by atoms with E-state index in [4.69, 9.17) is 5.73 Å². The van der Waals surface area contributed by atoms with Crippen molar-refractivity contribution in [2.45, 2.75) is 19.9 Å². The van der Waals surface area contributed by atoms with Crippen LogP contribution in [0.4, 0.5) is 5.69 Å². The average molecular weight is 329 g/mol. The molecule has 0 fully saturated rings. The van der Waals surface area contributed by atoms with E-state index in [9.17, 15) is 9.59 Å². The second kappa shape index (κ2) is 6.56. The van der Waals surface area contributed by atoms with Gasteiger partial charge in [-0.1, -0.05) is 19.9 Å². The maximum Gasteiger partial charge on any atom is 0.328 e. The van der Waals surface area contributed by atoms with Crippen molar-refractivity contribution in [2.24, 2.45) is 5.92 Å². The summed E-state index contributed by atoms with van der Waals surface area (Å²) in [6, 6.07) is 4.30. The number of anilines is 1. The van der Waals surface area contributed by atoms with Crippen molar-refractivity contribution in [3.8, 4) is 0 Å². The van der Waals surface area contributed by atoms with Crippen molar-refractivity contribution >= 4 is 33.5 Å². The molecule has 1 unspecified atom stereocenters. The number of benzene rings is 1. The van der Waals surface area contributed by atoms with E-state index in [2.05, 4.69) is 26.0 Å². The first-order chi connectivity index (χ1) is 8.88. The Labute approximate surface area is 120 Å². The highest BCUT2D eigenvalue weighted by atomic mass is 79.9. The van der Waals surface area contributed by atoms with Crippen LogP contribution in [0.1, 0.15) is 24.2 Å². The molecule has 0 aliphatic rings. The van der Waals surface area contributed by atoms with Crippen LogP contribution in [-0.2, 0) is 9.53 Å². The van der Waals surface area contributed by atoms with E-state index in [-0.39, 0.29) is 11.8 Å². The summed E-state index contributed by atoms with van der Waals surface area (Å²) in [5.74, 6) is -0.914. The Balaban J connectivity index is 2.94. The highest BCUT2D eigenvalue weighted by molar-refractivity contribution is 9.10. The Hall–Kier alpha value is -1.56. The standard InChI is InChI=1S/C13H17BrN2O3/c1-7(2)11(13(18)19-3)16-12(17)8-5-4-6-9(15)10(8)14/h4-7,11H,15H2,1-3H3,(H,16,17). The highest BCUT2D eigenvalue weighted by Crippen LogP contribution is 2.23. The van der Waals surface area contributed by atoms with Gasteiger partial charge in [-0.05, 0) is 34.0 Å².